The first-order valence-corrected chi connectivity index (χ1v) is 7.91. The number of hydrogen-bond acceptors (Lipinski definition) is 1. The Labute approximate surface area is 143 Å². The highest BCUT2D eigenvalue weighted by atomic mass is 79.9. The van der Waals surface area contributed by atoms with Crippen LogP contribution in [0, 0.1) is 5.82 Å². The highest BCUT2D eigenvalue weighted by Crippen LogP contribution is 2.31. The van der Waals surface area contributed by atoms with Crippen molar-refractivity contribution in [2.24, 2.45) is 0 Å². The molecule has 0 radical (unpaired) electrons. The largest absolute Gasteiger partial charge is 0.323 e. The Kier molecular flexibility index (Phi) is 4.36. The summed E-state index contributed by atoms with van der Waals surface area (Å²) in [5.41, 5.74) is 3.31. The second-order valence-electron chi connectivity index (χ2n) is 5.02. The average Bonchev–Trinajstić information content (AvgIpc) is 3.10. The minimum Gasteiger partial charge on any atom is -0.223 e. The van der Waals surface area contributed by atoms with E-state index in [2.05, 4.69) is 27.5 Å². The summed E-state index contributed by atoms with van der Waals surface area (Å²) in [5.74, 6) is 0.884. The third-order valence-electron chi connectivity index (χ3n) is 3.67. The zero-order valence-corrected chi connectivity index (χ0v) is 14.3. The Balaban J connectivity index is 0.00000144. The SMILES string of the molecule is Br.Fc1ccc(-n2c(-c3ccccc3)c[n+]3c2SCC3)cc1. The summed E-state index contributed by atoms with van der Waals surface area (Å²) < 4.78 is 17.7. The smallest absolute Gasteiger partial charge is 0.223 e. The maximum atomic E-state index is 13.2. The first kappa shape index (κ1) is 15.3. The Morgan fingerprint density at radius 3 is 2.45 bits per heavy atom. The molecule has 112 valence electrons. The molecule has 0 spiro atoms. The molecule has 3 aromatic rings. The first-order valence-electron chi connectivity index (χ1n) is 6.92. The van der Waals surface area contributed by atoms with Crippen LogP contribution in [0.5, 0.6) is 0 Å². The molecule has 2 heterocycles. The predicted molar refractivity (Wildman–Crippen MR) is 92.4 cm³/mol. The molecule has 1 aromatic heterocycles. The normalized spacial score (nSPS) is 12.8. The minimum atomic E-state index is -0.205. The van der Waals surface area contributed by atoms with Gasteiger partial charge in [0, 0.05) is 11.3 Å². The third kappa shape index (κ3) is 2.59. The van der Waals surface area contributed by atoms with Crippen LogP contribution in [0.25, 0.3) is 16.9 Å². The number of aromatic nitrogens is 2. The molecule has 0 saturated carbocycles. The second kappa shape index (κ2) is 6.26. The fourth-order valence-electron chi connectivity index (χ4n) is 2.69. The number of imidazole rings is 1. The number of thioether (sulfide) groups is 1. The van der Waals surface area contributed by atoms with Crippen LogP contribution in [0.4, 0.5) is 4.39 Å². The van der Waals surface area contributed by atoms with Gasteiger partial charge in [0.05, 0.1) is 0 Å². The lowest BCUT2D eigenvalue weighted by atomic mass is 10.1. The molecule has 2 nitrogen and oxygen atoms in total. The molecule has 4 rings (SSSR count). The molecular formula is C17H15BrFN2S+. The molecule has 0 fully saturated rings. The molecule has 0 amide bonds. The van der Waals surface area contributed by atoms with Crippen molar-refractivity contribution >= 4 is 28.7 Å². The third-order valence-corrected chi connectivity index (χ3v) is 4.74. The summed E-state index contributed by atoms with van der Waals surface area (Å²) >= 11 is 1.84. The van der Waals surface area contributed by atoms with E-state index in [1.54, 1.807) is 0 Å². The fraction of sp³-hybridized carbons (Fsp3) is 0.118. The second-order valence-corrected chi connectivity index (χ2v) is 6.08. The highest BCUT2D eigenvalue weighted by Gasteiger charge is 2.30. The molecule has 0 N–H and O–H groups in total. The van der Waals surface area contributed by atoms with Gasteiger partial charge >= 0.3 is 5.16 Å². The molecule has 0 saturated heterocycles. The van der Waals surface area contributed by atoms with Crippen LogP contribution in [-0.4, -0.2) is 10.3 Å². The Hall–Kier alpha value is -1.59. The van der Waals surface area contributed by atoms with Gasteiger partial charge in [-0.25, -0.2) is 8.96 Å². The lowest BCUT2D eigenvalue weighted by Gasteiger charge is -2.03. The van der Waals surface area contributed by atoms with Gasteiger partial charge in [-0.05, 0) is 36.0 Å². The summed E-state index contributed by atoms with van der Waals surface area (Å²) in [4.78, 5) is 0. The van der Waals surface area contributed by atoms with Crippen LogP contribution < -0.4 is 4.57 Å². The van der Waals surface area contributed by atoms with E-state index in [9.17, 15) is 4.39 Å². The monoisotopic (exact) mass is 377 g/mol. The lowest BCUT2D eigenvalue weighted by molar-refractivity contribution is -0.723. The molecule has 0 aliphatic carbocycles. The quantitative estimate of drug-likeness (QED) is 0.606. The van der Waals surface area contributed by atoms with Crippen molar-refractivity contribution in [3.63, 3.8) is 0 Å². The van der Waals surface area contributed by atoms with E-state index in [4.69, 9.17) is 0 Å². The van der Waals surface area contributed by atoms with Gasteiger partial charge in [-0.15, -0.1) is 17.0 Å². The van der Waals surface area contributed by atoms with E-state index in [0.717, 1.165) is 23.7 Å². The molecule has 5 heteroatoms. The van der Waals surface area contributed by atoms with Gasteiger partial charge in [-0.2, -0.15) is 4.57 Å². The van der Waals surface area contributed by atoms with Crippen LogP contribution in [0.15, 0.2) is 66.0 Å². The van der Waals surface area contributed by atoms with Crippen molar-refractivity contribution in [2.75, 3.05) is 5.75 Å². The van der Waals surface area contributed by atoms with Crippen molar-refractivity contribution in [3.8, 4) is 16.9 Å². The molecular weight excluding hydrogens is 363 g/mol. The van der Waals surface area contributed by atoms with Gasteiger partial charge in [0.1, 0.15) is 24.2 Å². The number of rotatable bonds is 2. The number of fused-ring (bicyclic) bond motifs is 1. The highest BCUT2D eigenvalue weighted by molar-refractivity contribution is 8.93. The number of nitrogens with zero attached hydrogens (tertiary/aromatic N) is 2. The van der Waals surface area contributed by atoms with Gasteiger partial charge < -0.3 is 0 Å². The summed E-state index contributed by atoms with van der Waals surface area (Å²) in [6, 6.07) is 17.0. The molecule has 2 aromatic carbocycles. The molecule has 1 aliphatic heterocycles. The van der Waals surface area contributed by atoms with E-state index < -0.39 is 0 Å². The first-order chi connectivity index (χ1) is 10.3. The standard InChI is InChI=1S/C17H14FN2S.BrH/c18-14-6-8-15(9-7-14)20-16(13-4-2-1-3-5-13)12-19-10-11-21-17(19)20;/h1-9,12H,10-11H2;1H/q+1;. The summed E-state index contributed by atoms with van der Waals surface area (Å²) in [5, 5.41) is 1.21. The number of hydrogen-bond donors (Lipinski definition) is 0. The van der Waals surface area contributed by atoms with Crippen molar-refractivity contribution in [1.29, 1.82) is 0 Å². The van der Waals surface area contributed by atoms with Crippen molar-refractivity contribution in [1.82, 2.24) is 4.57 Å². The zero-order chi connectivity index (χ0) is 14.2. The maximum absolute atomic E-state index is 13.2. The van der Waals surface area contributed by atoms with Crippen molar-refractivity contribution < 1.29 is 8.96 Å². The number of benzene rings is 2. The summed E-state index contributed by atoms with van der Waals surface area (Å²) in [6.07, 6.45) is 2.19. The molecule has 1 aliphatic rings. The van der Waals surface area contributed by atoms with Crippen LogP contribution in [-0.2, 0) is 6.54 Å². The molecule has 22 heavy (non-hydrogen) atoms. The van der Waals surface area contributed by atoms with E-state index in [-0.39, 0.29) is 22.8 Å². The van der Waals surface area contributed by atoms with Gasteiger partial charge in [0.15, 0.2) is 5.69 Å². The van der Waals surface area contributed by atoms with Gasteiger partial charge in [0.2, 0.25) is 0 Å². The van der Waals surface area contributed by atoms with Crippen LogP contribution in [0.2, 0.25) is 0 Å². The fourth-order valence-corrected chi connectivity index (χ4v) is 3.80. The van der Waals surface area contributed by atoms with Gasteiger partial charge in [0.25, 0.3) is 0 Å². The van der Waals surface area contributed by atoms with Crippen LogP contribution in [0.1, 0.15) is 0 Å². The Morgan fingerprint density at radius 2 is 1.73 bits per heavy atom. The number of halogens is 2. The summed E-state index contributed by atoms with van der Waals surface area (Å²) in [6.45, 7) is 1.02. The predicted octanol–water partition coefficient (Wildman–Crippen LogP) is 4.25. The van der Waals surface area contributed by atoms with Crippen molar-refractivity contribution in [2.45, 2.75) is 11.7 Å². The Morgan fingerprint density at radius 1 is 1.00 bits per heavy atom. The van der Waals surface area contributed by atoms with E-state index in [1.165, 1.54) is 22.9 Å². The topological polar surface area (TPSA) is 8.81 Å². The van der Waals surface area contributed by atoms with E-state index in [0.29, 0.717) is 0 Å². The minimum absolute atomic E-state index is 0. The Bertz CT molecular complexity index is 784. The van der Waals surface area contributed by atoms with Crippen molar-refractivity contribution in [3.05, 3.63) is 66.6 Å². The molecule has 0 atom stereocenters. The number of aryl methyl sites for hydroxylation is 1. The maximum Gasteiger partial charge on any atom is 0.323 e. The van der Waals surface area contributed by atoms with Gasteiger partial charge in [-0.1, -0.05) is 30.3 Å². The average molecular weight is 378 g/mol. The van der Waals surface area contributed by atoms with E-state index in [1.807, 2.05) is 42.1 Å². The van der Waals surface area contributed by atoms with Crippen LogP contribution in [0.3, 0.4) is 0 Å². The zero-order valence-electron chi connectivity index (χ0n) is 11.8. The summed E-state index contributed by atoms with van der Waals surface area (Å²) in [7, 11) is 0. The molecule has 0 bridgehead atoms. The molecule has 0 unspecified atom stereocenters. The lowest BCUT2D eigenvalue weighted by Crippen LogP contribution is -2.30. The van der Waals surface area contributed by atoms with E-state index >= 15 is 0 Å². The van der Waals surface area contributed by atoms with Crippen LogP contribution >= 0.6 is 28.7 Å². The van der Waals surface area contributed by atoms with Gasteiger partial charge in [-0.3, -0.25) is 0 Å².